The molecule has 1 aliphatic heterocycles. The Morgan fingerprint density at radius 1 is 1.29 bits per heavy atom. The van der Waals surface area contributed by atoms with E-state index >= 15 is 0 Å². The summed E-state index contributed by atoms with van der Waals surface area (Å²) in [6.07, 6.45) is 0.246. The van der Waals surface area contributed by atoms with Crippen molar-refractivity contribution >= 4 is 17.0 Å². The lowest BCUT2D eigenvalue weighted by Gasteiger charge is -2.30. The van der Waals surface area contributed by atoms with Crippen LogP contribution < -0.4 is 10.1 Å². The zero-order valence-corrected chi connectivity index (χ0v) is 13.8. The molecule has 0 saturated carbocycles. The van der Waals surface area contributed by atoms with Crippen LogP contribution in [-0.4, -0.2) is 17.6 Å². The number of nitrogens with zero attached hydrogens (tertiary/aromatic N) is 1. The van der Waals surface area contributed by atoms with Crippen molar-refractivity contribution in [1.29, 1.82) is 0 Å². The number of fused-ring (bicyclic) bond motifs is 1. The van der Waals surface area contributed by atoms with Gasteiger partial charge in [0.1, 0.15) is 11.9 Å². The third-order valence-electron chi connectivity index (χ3n) is 3.81. The van der Waals surface area contributed by atoms with E-state index in [0.717, 1.165) is 29.2 Å². The highest BCUT2D eigenvalue weighted by atomic mass is 32.1. The predicted octanol–water partition coefficient (Wildman–Crippen LogP) is 4.76. The highest BCUT2D eigenvalue weighted by molar-refractivity contribution is 7.10. The molecule has 1 aliphatic rings. The summed E-state index contributed by atoms with van der Waals surface area (Å²) < 4.78 is 6.05. The van der Waals surface area contributed by atoms with E-state index in [2.05, 4.69) is 56.6 Å². The summed E-state index contributed by atoms with van der Waals surface area (Å²) in [6.45, 7) is 9.60. The summed E-state index contributed by atoms with van der Waals surface area (Å²) in [5.41, 5.74) is 3.28. The van der Waals surface area contributed by atoms with E-state index in [1.165, 1.54) is 5.01 Å². The molecule has 1 aromatic carbocycles. The third kappa shape index (κ3) is 2.91. The first kappa shape index (κ1) is 14.4. The van der Waals surface area contributed by atoms with Gasteiger partial charge >= 0.3 is 0 Å². The van der Waals surface area contributed by atoms with Crippen LogP contribution in [0.3, 0.4) is 0 Å². The van der Waals surface area contributed by atoms with Gasteiger partial charge in [-0.15, -0.1) is 11.3 Å². The van der Waals surface area contributed by atoms with E-state index < -0.39 is 0 Å². The first-order chi connectivity index (χ1) is 10.0. The van der Waals surface area contributed by atoms with Crippen molar-refractivity contribution in [2.45, 2.75) is 39.7 Å². The summed E-state index contributed by atoms with van der Waals surface area (Å²) in [4.78, 5) is 4.72. The van der Waals surface area contributed by atoms with Crippen molar-refractivity contribution < 1.29 is 4.74 Å². The number of aromatic nitrogens is 1. The molecule has 0 spiro atoms. The maximum atomic E-state index is 6.05. The summed E-state index contributed by atoms with van der Waals surface area (Å²) in [5.74, 6) is 1.94. The Morgan fingerprint density at radius 2 is 2.10 bits per heavy atom. The molecule has 2 aromatic rings. The molecule has 3 rings (SSSR count). The van der Waals surface area contributed by atoms with Gasteiger partial charge < -0.3 is 10.1 Å². The number of benzene rings is 1. The van der Waals surface area contributed by atoms with Gasteiger partial charge in [0, 0.05) is 16.9 Å². The van der Waals surface area contributed by atoms with Crippen molar-refractivity contribution in [2.75, 3.05) is 11.9 Å². The first-order valence-corrected chi connectivity index (χ1v) is 8.43. The van der Waals surface area contributed by atoms with Crippen LogP contribution in [0.5, 0.6) is 5.75 Å². The second kappa shape index (κ2) is 5.68. The van der Waals surface area contributed by atoms with Crippen molar-refractivity contribution in [2.24, 2.45) is 5.92 Å². The highest BCUT2D eigenvalue weighted by Gasteiger charge is 2.22. The van der Waals surface area contributed by atoms with E-state index in [-0.39, 0.29) is 6.10 Å². The number of anilines is 1. The topological polar surface area (TPSA) is 34.2 Å². The van der Waals surface area contributed by atoms with Crippen molar-refractivity contribution in [3.05, 3.63) is 28.6 Å². The highest BCUT2D eigenvalue weighted by Crippen LogP contribution is 2.35. The Morgan fingerprint density at radius 3 is 2.76 bits per heavy atom. The van der Waals surface area contributed by atoms with Crippen molar-refractivity contribution in [3.8, 4) is 17.0 Å². The zero-order valence-electron chi connectivity index (χ0n) is 13.0. The number of hydrogen-bond donors (Lipinski definition) is 1. The molecule has 0 fully saturated rings. The summed E-state index contributed by atoms with van der Waals surface area (Å²) in [7, 11) is 0. The van der Waals surface area contributed by atoms with Crippen LogP contribution in [0, 0.1) is 5.92 Å². The number of thiazole rings is 1. The Bertz CT molecular complexity index is 633. The molecule has 1 N–H and O–H groups in total. The van der Waals surface area contributed by atoms with Gasteiger partial charge in [0.05, 0.1) is 22.9 Å². The Labute approximate surface area is 130 Å². The van der Waals surface area contributed by atoms with E-state index in [9.17, 15) is 0 Å². The molecule has 0 saturated heterocycles. The molecule has 21 heavy (non-hydrogen) atoms. The van der Waals surface area contributed by atoms with Gasteiger partial charge in [-0.3, -0.25) is 0 Å². The minimum Gasteiger partial charge on any atom is -0.486 e. The number of ether oxygens (including phenoxy) is 1. The lowest BCUT2D eigenvalue weighted by Crippen LogP contribution is -2.34. The van der Waals surface area contributed by atoms with Crippen LogP contribution in [0.15, 0.2) is 23.6 Å². The maximum Gasteiger partial charge on any atom is 0.142 e. The average molecular weight is 302 g/mol. The fourth-order valence-corrected chi connectivity index (χ4v) is 3.25. The van der Waals surface area contributed by atoms with Crippen molar-refractivity contribution in [1.82, 2.24) is 4.98 Å². The Hall–Kier alpha value is -1.55. The van der Waals surface area contributed by atoms with Crippen LogP contribution in [-0.2, 0) is 0 Å². The van der Waals surface area contributed by atoms with Crippen LogP contribution in [0.1, 0.15) is 38.6 Å². The number of rotatable bonds is 3. The molecule has 3 nitrogen and oxygen atoms in total. The molecule has 1 aromatic heterocycles. The maximum absolute atomic E-state index is 6.05. The second-order valence-electron chi connectivity index (χ2n) is 6.22. The van der Waals surface area contributed by atoms with E-state index in [1.54, 1.807) is 11.3 Å². The molecule has 0 amide bonds. The van der Waals surface area contributed by atoms with Crippen molar-refractivity contribution in [3.63, 3.8) is 0 Å². The monoisotopic (exact) mass is 302 g/mol. The van der Waals surface area contributed by atoms with Gasteiger partial charge in [0.25, 0.3) is 0 Å². The average Bonchev–Trinajstić information content (AvgIpc) is 2.96. The third-order valence-corrected chi connectivity index (χ3v) is 4.95. The van der Waals surface area contributed by atoms with Crippen LogP contribution >= 0.6 is 11.3 Å². The SMILES string of the molecule is CC(C)c1nc(-c2ccc3c(c2)NCC(C(C)C)O3)cs1. The molecule has 1 atom stereocenters. The lowest BCUT2D eigenvalue weighted by molar-refractivity contribution is 0.156. The van der Waals surface area contributed by atoms with Gasteiger partial charge in [-0.2, -0.15) is 0 Å². The van der Waals surface area contributed by atoms with E-state index in [0.29, 0.717) is 11.8 Å². The van der Waals surface area contributed by atoms with Crippen LogP contribution in [0.4, 0.5) is 5.69 Å². The summed E-state index contributed by atoms with van der Waals surface area (Å²) in [6, 6.07) is 6.30. The van der Waals surface area contributed by atoms with Crippen LogP contribution in [0.25, 0.3) is 11.3 Å². The van der Waals surface area contributed by atoms with Gasteiger partial charge in [0.2, 0.25) is 0 Å². The predicted molar refractivity (Wildman–Crippen MR) is 89.4 cm³/mol. The molecule has 112 valence electrons. The molecule has 1 unspecified atom stereocenters. The summed E-state index contributed by atoms with van der Waals surface area (Å²) in [5, 5.41) is 6.81. The molecule has 0 bridgehead atoms. The van der Waals surface area contributed by atoms with E-state index in [1.807, 2.05) is 0 Å². The number of hydrogen-bond acceptors (Lipinski definition) is 4. The molecule has 0 radical (unpaired) electrons. The minimum atomic E-state index is 0.246. The largest absolute Gasteiger partial charge is 0.486 e. The van der Waals surface area contributed by atoms with Gasteiger partial charge in [0.15, 0.2) is 0 Å². The van der Waals surface area contributed by atoms with E-state index in [4.69, 9.17) is 9.72 Å². The number of nitrogens with one attached hydrogen (secondary N) is 1. The minimum absolute atomic E-state index is 0.246. The zero-order chi connectivity index (χ0) is 15.0. The smallest absolute Gasteiger partial charge is 0.142 e. The Kier molecular flexibility index (Phi) is 3.89. The molecule has 2 heterocycles. The quantitative estimate of drug-likeness (QED) is 0.887. The fraction of sp³-hybridized carbons (Fsp3) is 0.471. The van der Waals surface area contributed by atoms with Crippen LogP contribution in [0.2, 0.25) is 0 Å². The van der Waals surface area contributed by atoms with Gasteiger partial charge in [-0.05, 0) is 24.1 Å². The molecule has 0 aliphatic carbocycles. The summed E-state index contributed by atoms with van der Waals surface area (Å²) >= 11 is 1.73. The molecular formula is C17H22N2OS. The lowest BCUT2D eigenvalue weighted by atomic mass is 10.0. The first-order valence-electron chi connectivity index (χ1n) is 7.55. The fourth-order valence-electron chi connectivity index (χ4n) is 2.40. The van der Waals surface area contributed by atoms with Gasteiger partial charge in [-0.1, -0.05) is 27.7 Å². The van der Waals surface area contributed by atoms with Gasteiger partial charge in [-0.25, -0.2) is 4.98 Å². The Balaban J connectivity index is 1.86. The molecule has 4 heteroatoms. The second-order valence-corrected chi connectivity index (χ2v) is 7.11. The molecular weight excluding hydrogens is 280 g/mol. The standard InChI is InChI=1S/C17H22N2OS/c1-10(2)16-8-18-13-7-12(5-6-15(13)20-16)14-9-21-17(19-14)11(3)4/h5-7,9-11,16,18H,8H2,1-4H3. The normalized spacial score (nSPS) is 17.5.